The lowest BCUT2D eigenvalue weighted by molar-refractivity contribution is -0.225. The first-order valence-electron chi connectivity index (χ1n) is 13.8. The third-order valence-electron chi connectivity index (χ3n) is 8.73. The average molecular weight is 481 g/mol. The fourth-order valence-electron chi connectivity index (χ4n) is 5.24. The molecule has 4 unspecified atom stereocenters. The van der Waals surface area contributed by atoms with Gasteiger partial charge in [0.15, 0.2) is 0 Å². The number of rotatable bonds is 8. The van der Waals surface area contributed by atoms with Gasteiger partial charge in [0.05, 0.1) is 23.0 Å². The van der Waals surface area contributed by atoms with Crippen LogP contribution in [0.5, 0.6) is 0 Å². The van der Waals surface area contributed by atoms with Crippen LogP contribution < -0.4 is 0 Å². The molecule has 2 heterocycles. The molecule has 0 aromatic heterocycles. The Hall–Kier alpha value is -1.14. The Labute approximate surface area is 206 Å². The highest BCUT2D eigenvalue weighted by Gasteiger charge is 2.39. The Kier molecular flexibility index (Phi) is 9.47. The van der Waals surface area contributed by atoms with Gasteiger partial charge >= 0.3 is 11.9 Å². The molecule has 0 bridgehead atoms. The van der Waals surface area contributed by atoms with Gasteiger partial charge in [-0.25, -0.2) is 0 Å². The van der Waals surface area contributed by atoms with Crippen LogP contribution in [0.1, 0.15) is 119 Å². The SMILES string of the molecule is CCC(C)(C)C(=O)OC1CCCC(C2CCC(C3CCCC(OC(=O)C(C)(C)CC)O3)CC2)O1. The van der Waals surface area contributed by atoms with Crippen LogP contribution in [0, 0.1) is 22.7 Å². The molecule has 0 aromatic rings. The van der Waals surface area contributed by atoms with Gasteiger partial charge in [-0.2, -0.15) is 0 Å². The van der Waals surface area contributed by atoms with Crippen molar-refractivity contribution in [3.63, 3.8) is 0 Å². The topological polar surface area (TPSA) is 71.1 Å². The first-order chi connectivity index (χ1) is 16.1. The Morgan fingerprint density at radius 3 is 1.32 bits per heavy atom. The van der Waals surface area contributed by atoms with E-state index in [9.17, 15) is 9.59 Å². The number of hydrogen-bond donors (Lipinski definition) is 0. The molecule has 34 heavy (non-hydrogen) atoms. The smallest absolute Gasteiger partial charge is 0.313 e. The van der Waals surface area contributed by atoms with Gasteiger partial charge in [0.25, 0.3) is 0 Å². The van der Waals surface area contributed by atoms with Gasteiger partial charge in [0.1, 0.15) is 0 Å². The molecule has 0 aromatic carbocycles. The van der Waals surface area contributed by atoms with Crippen LogP contribution in [0.25, 0.3) is 0 Å². The summed E-state index contributed by atoms with van der Waals surface area (Å²) in [6, 6.07) is 0. The maximum absolute atomic E-state index is 12.5. The predicted molar refractivity (Wildman–Crippen MR) is 131 cm³/mol. The van der Waals surface area contributed by atoms with E-state index in [0.29, 0.717) is 11.8 Å². The minimum absolute atomic E-state index is 0.156. The Balaban J connectivity index is 1.45. The van der Waals surface area contributed by atoms with Crippen molar-refractivity contribution in [3.05, 3.63) is 0 Å². The van der Waals surface area contributed by atoms with Gasteiger partial charge in [-0.1, -0.05) is 13.8 Å². The maximum Gasteiger partial charge on any atom is 0.313 e. The van der Waals surface area contributed by atoms with Crippen molar-refractivity contribution >= 4 is 11.9 Å². The van der Waals surface area contributed by atoms with Crippen LogP contribution in [0.3, 0.4) is 0 Å². The van der Waals surface area contributed by atoms with Crippen LogP contribution in [0.15, 0.2) is 0 Å². The molecule has 3 aliphatic rings. The van der Waals surface area contributed by atoms with E-state index in [1.54, 1.807) is 0 Å². The zero-order valence-electron chi connectivity index (χ0n) is 22.4. The molecule has 0 radical (unpaired) electrons. The molecule has 0 spiro atoms. The molecule has 2 saturated heterocycles. The van der Waals surface area contributed by atoms with Crippen molar-refractivity contribution < 1.29 is 28.5 Å². The van der Waals surface area contributed by atoms with E-state index in [4.69, 9.17) is 18.9 Å². The first kappa shape index (κ1) is 27.4. The van der Waals surface area contributed by atoms with Gasteiger partial charge in [-0.05, 0) is 104 Å². The highest BCUT2D eigenvalue weighted by atomic mass is 16.7. The summed E-state index contributed by atoms with van der Waals surface area (Å²) in [5.74, 6) is 0.715. The van der Waals surface area contributed by atoms with Crippen molar-refractivity contribution in [2.24, 2.45) is 22.7 Å². The van der Waals surface area contributed by atoms with Crippen molar-refractivity contribution in [3.8, 4) is 0 Å². The van der Waals surface area contributed by atoms with Gasteiger partial charge < -0.3 is 18.9 Å². The largest absolute Gasteiger partial charge is 0.435 e. The zero-order chi connectivity index (χ0) is 24.9. The van der Waals surface area contributed by atoms with E-state index in [1.807, 2.05) is 41.5 Å². The third kappa shape index (κ3) is 6.96. The van der Waals surface area contributed by atoms with Gasteiger partial charge in [0, 0.05) is 12.8 Å². The van der Waals surface area contributed by atoms with E-state index in [1.165, 1.54) is 0 Å². The summed E-state index contributed by atoms with van der Waals surface area (Å²) in [7, 11) is 0. The summed E-state index contributed by atoms with van der Waals surface area (Å²) in [5.41, 5.74) is -0.931. The Morgan fingerprint density at radius 2 is 1.00 bits per heavy atom. The molecule has 0 amide bonds. The second-order valence-electron chi connectivity index (χ2n) is 12.0. The molecule has 196 valence electrons. The number of esters is 2. The van der Waals surface area contributed by atoms with Crippen molar-refractivity contribution in [2.75, 3.05) is 0 Å². The molecule has 4 atom stereocenters. The third-order valence-corrected chi connectivity index (χ3v) is 8.73. The number of carbonyl (C=O) groups excluding carboxylic acids is 2. The standard InChI is InChI=1S/C28H48O6/c1-7-27(3,4)25(29)33-23-13-9-11-21(31-23)19-15-17-20(18-16-19)22-12-10-14-24(32-22)34-26(30)28(5,6)8-2/h19-24H,7-18H2,1-6H3. The molecule has 1 saturated carbocycles. The molecular formula is C28H48O6. The first-order valence-corrected chi connectivity index (χ1v) is 13.8. The van der Waals surface area contributed by atoms with E-state index in [0.717, 1.165) is 77.0 Å². The minimum atomic E-state index is -0.465. The van der Waals surface area contributed by atoms with E-state index >= 15 is 0 Å². The summed E-state index contributed by atoms with van der Waals surface area (Å²) in [4.78, 5) is 25.0. The van der Waals surface area contributed by atoms with Gasteiger partial charge in [-0.15, -0.1) is 0 Å². The lowest BCUT2D eigenvalue weighted by Gasteiger charge is -2.41. The summed E-state index contributed by atoms with van der Waals surface area (Å²) in [6.45, 7) is 11.7. The predicted octanol–water partition coefficient (Wildman–Crippen LogP) is 6.54. The van der Waals surface area contributed by atoms with E-state index in [2.05, 4.69) is 0 Å². The monoisotopic (exact) mass is 480 g/mol. The van der Waals surface area contributed by atoms with Crippen LogP contribution in [-0.2, 0) is 28.5 Å². The second-order valence-corrected chi connectivity index (χ2v) is 12.0. The summed E-state index contributed by atoms with van der Waals surface area (Å²) in [6.07, 6.45) is 11.3. The lowest BCUT2D eigenvalue weighted by Crippen LogP contribution is -2.42. The number of carbonyl (C=O) groups is 2. The second kappa shape index (κ2) is 11.7. The van der Waals surface area contributed by atoms with Crippen LogP contribution in [-0.4, -0.2) is 36.7 Å². The summed E-state index contributed by atoms with van der Waals surface area (Å²) >= 11 is 0. The summed E-state index contributed by atoms with van der Waals surface area (Å²) in [5, 5.41) is 0. The van der Waals surface area contributed by atoms with E-state index in [-0.39, 0.29) is 24.1 Å². The molecule has 3 fully saturated rings. The average Bonchev–Trinajstić information content (AvgIpc) is 2.84. The molecule has 6 heteroatoms. The number of ether oxygens (including phenoxy) is 4. The normalized spacial score (nSPS) is 33.2. The van der Waals surface area contributed by atoms with Crippen LogP contribution in [0.4, 0.5) is 0 Å². The minimum Gasteiger partial charge on any atom is -0.435 e. The summed E-state index contributed by atoms with van der Waals surface area (Å²) < 4.78 is 24.1. The van der Waals surface area contributed by atoms with E-state index < -0.39 is 23.4 Å². The molecule has 6 nitrogen and oxygen atoms in total. The fraction of sp³-hybridized carbons (Fsp3) is 0.929. The van der Waals surface area contributed by atoms with Crippen molar-refractivity contribution in [1.29, 1.82) is 0 Å². The highest BCUT2D eigenvalue weighted by molar-refractivity contribution is 5.76. The Bertz CT molecular complexity index is 620. The van der Waals surface area contributed by atoms with Crippen LogP contribution >= 0.6 is 0 Å². The van der Waals surface area contributed by atoms with Crippen molar-refractivity contribution in [2.45, 2.75) is 143 Å². The van der Waals surface area contributed by atoms with Crippen molar-refractivity contribution in [1.82, 2.24) is 0 Å². The molecule has 2 aliphatic heterocycles. The molecule has 3 rings (SSSR count). The maximum atomic E-state index is 12.5. The van der Waals surface area contributed by atoms with Crippen LogP contribution in [0.2, 0.25) is 0 Å². The fourth-order valence-corrected chi connectivity index (χ4v) is 5.24. The molecular weight excluding hydrogens is 432 g/mol. The molecule has 0 N–H and O–H groups in total. The Morgan fingerprint density at radius 1 is 0.647 bits per heavy atom. The molecule has 1 aliphatic carbocycles. The van der Waals surface area contributed by atoms with Gasteiger partial charge in [0.2, 0.25) is 12.6 Å². The quantitative estimate of drug-likeness (QED) is 0.367. The lowest BCUT2D eigenvalue weighted by atomic mass is 9.75. The zero-order valence-corrected chi connectivity index (χ0v) is 22.4. The van der Waals surface area contributed by atoms with Gasteiger partial charge in [-0.3, -0.25) is 9.59 Å². The highest BCUT2D eigenvalue weighted by Crippen LogP contribution is 2.41. The number of hydrogen-bond acceptors (Lipinski definition) is 6.